The SMILES string of the molecule is O=C([O-])C#Cc1cc(Br)cc(/C=C/C(=O)[O-])c1.[K+].[K+]. The first-order chi connectivity index (χ1) is 7.97. The summed E-state index contributed by atoms with van der Waals surface area (Å²) in [5.74, 6) is 1.45. The Hall–Kier alpha value is 1.21. The van der Waals surface area contributed by atoms with Crippen molar-refractivity contribution in [2.75, 3.05) is 0 Å². The van der Waals surface area contributed by atoms with Crippen molar-refractivity contribution in [1.82, 2.24) is 0 Å². The molecule has 0 amide bonds. The molecule has 0 saturated carbocycles. The Labute approximate surface area is 204 Å². The van der Waals surface area contributed by atoms with Crippen molar-refractivity contribution in [2.45, 2.75) is 0 Å². The van der Waals surface area contributed by atoms with Crippen LogP contribution in [0.5, 0.6) is 0 Å². The summed E-state index contributed by atoms with van der Waals surface area (Å²) in [6, 6.07) is 4.80. The summed E-state index contributed by atoms with van der Waals surface area (Å²) in [6.07, 6.45) is 2.20. The minimum absolute atomic E-state index is 0. The van der Waals surface area contributed by atoms with Gasteiger partial charge in [0.2, 0.25) is 0 Å². The van der Waals surface area contributed by atoms with E-state index in [2.05, 4.69) is 21.9 Å². The number of halogens is 1. The third-order valence-electron chi connectivity index (χ3n) is 1.64. The molecular weight excluding hydrogens is 366 g/mol. The summed E-state index contributed by atoms with van der Waals surface area (Å²) in [5.41, 5.74) is 0.993. The van der Waals surface area contributed by atoms with Gasteiger partial charge in [0.25, 0.3) is 0 Å². The fraction of sp³-hybridized carbons (Fsp3) is 0. The molecule has 0 N–H and O–H groups in total. The van der Waals surface area contributed by atoms with Gasteiger partial charge in [-0.15, -0.1) is 0 Å². The summed E-state index contributed by atoms with van der Waals surface area (Å²) in [4.78, 5) is 20.4. The van der Waals surface area contributed by atoms with Crippen LogP contribution in [0.4, 0.5) is 0 Å². The average molecular weight is 371 g/mol. The van der Waals surface area contributed by atoms with E-state index in [4.69, 9.17) is 0 Å². The van der Waals surface area contributed by atoms with Gasteiger partial charge < -0.3 is 19.8 Å². The molecular formula is C12H5BrK2O4. The fourth-order valence-corrected chi connectivity index (χ4v) is 1.58. The molecule has 1 aromatic carbocycles. The molecule has 1 rings (SSSR count). The van der Waals surface area contributed by atoms with Gasteiger partial charge in [-0.3, -0.25) is 0 Å². The molecule has 0 aliphatic heterocycles. The third-order valence-corrected chi connectivity index (χ3v) is 2.10. The van der Waals surface area contributed by atoms with E-state index in [-0.39, 0.29) is 103 Å². The molecule has 0 heterocycles. The molecule has 0 aliphatic rings. The zero-order valence-corrected chi connectivity index (χ0v) is 18.2. The monoisotopic (exact) mass is 370 g/mol. The quantitative estimate of drug-likeness (QED) is 0.294. The third kappa shape index (κ3) is 10.6. The Morgan fingerprint density at radius 1 is 1.16 bits per heavy atom. The van der Waals surface area contributed by atoms with Crippen molar-refractivity contribution < 1.29 is 123 Å². The number of benzene rings is 1. The average Bonchev–Trinajstić information content (AvgIpc) is 2.23. The van der Waals surface area contributed by atoms with Crippen LogP contribution in [-0.2, 0) is 9.59 Å². The van der Waals surface area contributed by atoms with Crippen molar-refractivity contribution in [1.29, 1.82) is 0 Å². The normalized spacial score (nSPS) is 8.68. The Morgan fingerprint density at radius 3 is 2.32 bits per heavy atom. The molecule has 1 aromatic rings. The summed E-state index contributed by atoms with van der Waals surface area (Å²) >= 11 is 3.20. The Bertz CT molecular complexity index is 559. The minimum Gasteiger partial charge on any atom is -0.545 e. The molecule has 86 valence electrons. The first-order valence-electron chi connectivity index (χ1n) is 4.40. The largest absolute Gasteiger partial charge is 1.00 e. The van der Waals surface area contributed by atoms with E-state index in [1.807, 2.05) is 5.92 Å². The van der Waals surface area contributed by atoms with Gasteiger partial charge in [0.15, 0.2) is 0 Å². The standard InChI is InChI=1S/C12H7BrO4.2K/c13-10-6-8(1-3-11(14)15)5-9(7-10)2-4-12(16)17;;/h1,3,5-7H,(H,14,15)(H,16,17);;/q;2*+1/p-2/b3-1+;;. The molecule has 0 aliphatic carbocycles. The van der Waals surface area contributed by atoms with Crippen LogP contribution in [0.15, 0.2) is 28.7 Å². The summed E-state index contributed by atoms with van der Waals surface area (Å²) in [6.45, 7) is 0. The maximum Gasteiger partial charge on any atom is 1.00 e. The second-order valence-electron chi connectivity index (χ2n) is 2.96. The van der Waals surface area contributed by atoms with E-state index in [9.17, 15) is 19.8 Å². The first-order valence-corrected chi connectivity index (χ1v) is 5.19. The minimum atomic E-state index is -1.48. The summed E-state index contributed by atoms with van der Waals surface area (Å²) in [7, 11) is 0. The van der Waals surface area contributed by atoms with Gasteiger partial charge in [-0.2, -0.15) is 0 Å². The van der Waals surface area contributed by atoms with Crippen LogP contribution in [0.1, 0.15) is 11.1 Å². The number of hydrogen-bond donors (Lipinski definition) is 0. The second kappa shape index (κ2) is 11.8. The summed E-state index contributed by atoms with van der Waals surface area (Å²) in [5, 5.41) is 20.4. The van der Waals surface area contributed by atoms with Gasteiger partial charge in [-0.25, -0.2) is 0 Å². The van der Waals surface area contributed by atoms with Gasteiger partial charge in [-0.1, -0.05) is 27.9 Å². The Kier molecular flexibility index (Phi) is 14.0. The van der Waals surface area contributed by atoms with E-state index >= 15 is 0 Å². The second-order valence-corrected chi connectivity index (χ2v) is 3.88. The van der Waals surface area contributed by atoms with Crippen LogP contribution in [0.3, 0.4) is 0 Å². The predicted octanol–water partition coefficient (Wildman–Crippen LogP) is -6.68. The van der Waals surface area contributed by atoms with Crippen LogP contribution >= 0.6 is 15.9 Å². The summed E-state index contributed by atoms with van der Waals surface area (Å²) < 4.78 is 0.653. The number of aliphatic carboxylic acids is 2. The molecule has 0 bridgehead atoms. The van der Waals surface area contributed by atoms with E-state index in [1.54, 1.807) is 18.2 Å². The Balaban J connectivity index is 0. The maximum atomic E-state index is 10.2. The number of carbonyl (C=O) groups excluding carboxylic acids is 2. The van der Waals surface area contributed by atoms with Crippen molar-refractivity contribution in [3.8, 4) is 11.8 Å². The molecule has 0 saturated heterocycles. The molecule has 0 aromatic heterocycles. The van der Waals surface area contributed by atoms with E-state index in [0.717, 1.165) is 6.08 Å². The zero-order valence-electron chi connectivity index (χ0n) is 10.4. The number of carboxylic acids is 2. The van der Waals surface area contributed by atoms with E-state index in [1.165, 1.54) is 6.08 Å². The van der Waals surface area contributed by atoms with Gasteiger partial charge in [0.1, 0.15) is 5.97 Å². The zero-order chi connectivity index (χ0) is 12.8. The topological polar surface area (TPSA) is 80.3 Å². The van der Waals surface area contributed by atoms with Crippen LogP contribution < -0.4 is 113 Å². The van der Waals surface area contributed by atoms with Crippen molar-refractivity contribution >= 4 is 33.9 Å². The molecule has 0 unspecified atom stereocenters. The molecule has 19 heavy (non-hydrogen) atoms. The van der Waals surface area contributed by atoms with Crippen LogP contribution in [-0.4, -0.2) is 11.9 Å². The smallest absolute Gasteiger partial charge is 0.545 e. The van der Waals surface area contributed by atoms with Crippen molar-refractivity contribution in [2.24, 2.45) is 0 Å². The van der Waals surface area contributed by atoms with Gasteiger partial charge in [0, 0.05) is 10.0 Å². The van der Waals surface area contributed by atoms with Crippen LogP contribution in [0.25, 0.3) is 6.08 Å². The van der Waals surface area contributed by atoms with E-state index < -0.39 is 11.9 Å². The number of carbonyl (C=O) groups is 2. The van der Waals surface area contributed by atoms with Gasteiger partial charge in [-0.05, 0) is 35.8 Å². The van der Waals surface area contributed by atoms with Crippen molar-refractivity contribution in [3.63, 3.8) is 0 Å². The number of rotatable bonds is 2. The van der Waals surface area contributed by atoms with Crippen LogP contribution in [0, 0.1) is 11.8 Å². The predicted molar refractivity (Wildman–Crippen MR) is 60.1 cm³/mol. The maximum absolute atomic E-state index is 10.2. The molecule has 7 heteroatoms. The number of hydrogen-bond acceptors (Lipinski definition) is 4. The number of carboxylic acid groups (broad SMARTS) is 2. The molecule has 0 radical (unpaired) electrons. The molecule has 0 fully saturated rings. The van der Waals surface area contributed by atoms with Gasteiger partial charge in [0.05, 0.1) is 5.97 Å². The Morgan fingerprint density at radius 2 is 1.79 bits per heavy atom. The fourth-order valence-electron chi connectivity index (χ4n) is 1.07. The first kappa shape index (κ1) is 22.5. The van der Waals surface area contributed by atoms with Crippen molar-refractivity contribution in [3.05, 3.63) is 39.9 Å². The molecule has 0 atom stereocenters. The van der Waals surface area contributed by atoms with Crippen LogP contribution in [0.2, 0.25) is 0 Å². The van der Waals surface area contributed by atoms with Gasteiger partial charge >= 0.3 is 103 Å². The molecule has 0 spiro atoms. The molecule has 4 nitrogen and oxygen atoms in total. The van der Waals surface area contributed by atoms with E-state index in [0.29, 0.717) is 15.6 Å².